The molecular weight excluding hydrogens is 538 g/mol. The number of aliphatic hydroxyl groups is 1. The molecule has 2 heterocycles. The molecule has 0 aliphatic carbocycles. The van der Waals surface area contributed by atoms with Gasteiger partial charge >= 0.3 is 6.03 Å². The van der Waals surface area contributed by atoms with E-state index < -0.39 is 6.29 Å². The molecule has 230 valence electrons. The minimum atomic E-state index is -0.472. The van der Waals surface area contributed by atoms with E-state index in [4.69, 9.17) is 9.47 Å². The number of likely N-dealkylation sites (tertiary alicyclic amines) is 1. The fourth-order valence-electron chi connectivity index (χ4n) is 6.18. The number of urea groups is 1. The summed E-state index contributed by atoms with van der Waals surface area (Å²) in [5, 5.41) is 15.2. The van der Waals surface area contributed by atoms with Gasteiger partial charge < -0.3 is 30.1 Å². The number of amides is 2. The summed E-state index contributed by atoms with van der Waals surface area (Å²) in [6.07, 6.45) is 5.91. The molecule has 0 saturated carbocycles. The molecule has 3 N–H and O–H groups in total. The van der Waals surface area contributed by atoms with E-state index in [1.807, 2.05) is 31.2 Å². The Labute approximate surface area is 256 Å². The Kier molecular flexibility index (Phi) is 11.2. The van der Waals surface area contributed by atoms with Crippen molar-refractivity contribution in [3.05, 3.63) is 95.1 Å². The molecular formula is C36H47N3O4. The number of benzene rings is 3. The van der Waals surface area contributed by atoms with Gasteiger partial charge in [0.2, 0.25) is 0 Å². The summed E-state index contributed by atoms with van der Waals surface area (Å²) in [6.45, 7) is 8.40. The first kappa shape index (κ1) is 31.2. The number of nitrogens with zero attached hydrogens (tertiary/aromatic N) is 1. The largest absolute Gasteiger partial charge is 0.392 e. The van der Waals surface area contributed by atoms with Gasteiger partial charge in [-0.05, 0) is 66.7 Å². The van der Waals surface area contributed by atoms with Gasteiger partial charge in [0.25, 0.3) is 0 Å². The lowest BCUT2D eigenvalue weighted by molar-refractivity contribution is -0.276. The first-order chi connectivity index (χ1) is 21.0. The second-order valence-electron chi connectivity index (χ2n) is 11.9. The van der Waals surface area contributed by atoms with Crippen molar-refractivity contribution in [1.82, 2.24) is 15.5 Å². The number of carbonyl (C=O) groups is 1. The van der Waals surface area contributed by atoms with Crippen LogP contribution in [0.15, 0.2) is 72.8 Å². The molecule has 2 saturated heterocycles. The molecule has 0 aromatic heterocycles. The summed E-state index contributed by atoms with van der Waals surface area (Å²) >= 11 is 0. The van der Waals surface area contributed by atoms with Crippen LogP contribution in [0.5, 0.6) is 0 Å². The molecule has 3 aromatic rings. The van der Waals surface area contributed by atoms with Crippen LogP contribution in [-0.4, -0.2) is 48.3 Å². The zero-order valence-electron chi connectivity index (χ0n) is 25.6. The highest BCUT2D eigenvalue weighted by Crippen LogP contribution is 2.42. The van der Waals surface area contributed by atoms with Crippen molar-refractivity contribution in [2.75, 3.05) is 26.2 Å². The van der Waals surface area contributed by atoms with E-state index in [0.717, 1.165) is 53.0 Å². The predicted molar refractivity (Wildman–Crippen MR) is 170 cm³/mol. The van der Waals surface area contributed by atoms with E-state index in [-0.39, 0.29) is 30.8 Å². The minimum Gasteiger partial charge on any atom is -0.392 e. The van der Waals surface area contributed by atoms with Crippen molar-refractivity contribution in [3.8, 4) is 11.1 Å². The van der Waals surface area contributed by atoms with Gasteiger partial charge in [0.05, 0.1) is 18.8 Å². The molecule has 2 aliphatic rings. The number of aliphatic hydroxyl groups excluding tert-OH is 1. The second kappa shape index (κ2) is 15.5. The highest BCUT2D eigenvalue weighted by Gasteiger charge is 2.39. The average Bonchev–Trinajstić information content (AvgIpc) is 3.02. The van der Waals surface area contributed by atoms with Crippen LogP contribution in [0.4, 0.5) is 4.79 Å². The predicted octanol–water partition coefficient (Wildman–Crippen LogP) is 6.72. The van der Waals surface area contributed by atoms with Crippen LogP contribution in [0, 0.1) is 5.92 Å². The lowest BCUT2D eigenvalue weighted by Crippen LogP contribution is -2.45. The number of hydrogen-bond acceptors (Lipinski definition) is 5. The normalized spacial score (nSPS) is 23.2. The Morgan fingerprint density at radius 2 is 1.53 bits per heavy atom. The number of ether oxygens (including phenoxy) is 2. The number of nitrogens with one attached hydrogen (secondary N) is 2. The van der Waals surface area contributed by atoms with Crippen LogP contribution >= 0.6 is 0 Å². The number of carbonyl (C=O) groups excluding carboxylic acids is 1. The van der Waals surface area contributed by atoms with E-state index in [1.165, 1.54) is 32.1 Å². The lowest BCUT2D eigenvalue weighted by Gasteiger charge is -2.43. The van der Waals surface area contributed by atoms with Crippen molar-refractivity contribution in [2.24, 2.45) is 5.92 Å². The van der Waals surface area contributed by atoms with Crippen LogP contribution in [0.25, 0.3) is 11.1 Å². The van der Waals surface area contributed by atoms with E-state index in [9.17, 15) is 9.90 Å². The second-order valence-corrected chi connectivity index (χ2v) is 11.9. The van der Waals surface area contributed by atoms with Crippen LogP contribution in [0.2, 0.25) is 0 Å². The third kappa shape index (κ3) is 8.45. The summed E-state index contributed by atoms with van der Waals surface area (Å²) in [4.78, 5) is 14.4. The molecule has 0 radical (unpaired) electrons. The Balaban J connectivity index is 1.33. The topological polar surface area (TPSA) is 83.1 Å². The Morgan fingerprint density at radius 1 is 0.837 bits per heavy atom. The van der Waals surface area contributed by atoms with Crippen molar-refractivity contribution in [2.45, 2.75) is 77.6 Å². The van der Waals surface area contributed by atoms with Gasteiger partial charge in [-0.15, -0.1) is 0 Å². The Morgan fingerprint density at radius 3 is 2.23 bits per heavy atom. The Hall–Kier alpha value is -3.23. The molecule has 2 amide bonds. The molecule has 43 heavy (non-hydrogen) atoms. The summed E-state index contributed by atoms with van der Waals surface area (Å²) in [5.41, 5.74) is 6.25. The van der Waals surface area contributed by atoms with Crippen molar-refractivity contribution < 1.29 is 19.4 Å². The highest BCUT2D eigenvalue weighted by molar-refractivity contribution is 5.73. The summed E-state index contributed by atoms with van der Waals surface area (Å²) in [7, 11) is 0. The van der Waals surface area contributed by atoms with E-state index >= 15 is 0 Å². The maximum Gasteiger partial charge on any atom is 0.315 e. The highest BCUT2D eigenvalue weighted by atomic mass is 16.7. The zero-order chi connectivity index (χ0) is 30.0. The first-order valence-electron chi connectivity index (χ1n) is 16.0. The maximum atomic E-state index is 11.8. The van der Waals surface area contributed by atoms with Gasteiger partial charge in [-0.3, -0.25) is 0 Å². The summed E-state index contributed by atoms with van der Waals surface area (Å²) in [5.74, 6) is 0.177. The molecule has 3 aromatic carbocycles. The standard InChI is InChI=1S/C36H47N3O4/c1-3-37-36(41)38-23-28-10-9-11-32(22-28)29-16-18-31(19-17-29)35-42-33(24-39-20-7-5-4-6-8-21-39)26(2)34(43-35)30-14-12-27(25-40)13-15-30/h9-19,22,26,33-35,40H,3-8,20-21,23-25H2,1-2H3,(H2,37,38,41)/t26-,33+,34+,35+/m1/s1. The molecule has 0 bridgehead atoms. The molecule has 2 aliphatic heterocycles. The van der Waals surface area contributed by atoms with Crippen LogP contribution < -0.4 is 10.6 Å². The molecule has 0 spiro atoms. The number of hydrogen-bond donors (Lipinski definition) is 3. The molecule has 4 atom stereocenters. The molecule has 7 nitrogen and oxygen atoms in total. The monoisotopic (exact) mass is 585 g/mol. The van der Waals surface area contributed by atoms with Crippen molar-refractivity contribution in [3.63, 3.8) is 0 Å². The molecule has 7 heteroatoms. The van der Waals surface area contributed by atoms with Crippen LogP contribution in [-0.2, 0) is 22.6 Å². The van der Waals surface area contributed by atoms with E-state index in [0.29, 0.717) is 13.1 Å². The van der Waals surface area contributed by atoms with Gasteiger partial charge in [0.1, 0.15) is 0 Å². The average molecular weight is 586 g/mol. The quantitative estimate of drug-likeness (QED) is 0.260. The van der Waals surface area contributed by atoms with Crippen molar-refractivity contribution >= 4 is 6.03 Å². The third-order valence-electron chi connectivity index (χ3n) is 8.74. The fraction of sp³-hybridized carbons (Fsp3) is 0.472. The third-order valence-corrected chi connectivity index (χ3v) is 8.74. The molecule has 2 fully saturated rings. The zero-order valence-corrected chi connectivity index (χ0v) is 25.6. The fourth-order valence-corrected chi connectivity index (χ4v) is 6.18. The molecule has 0 unspecified atom stereocenters. The SMILES string of the molecule is CCNC(=O)NCc1cccc(-c2ccc([C@H]3O[C@@H](CN4CCCCCCC4)[C@@H](C)[C@@H](c4ccc(CO)cc4)O3)cc2)c1. The van der Waals surface area contributed by atoms with E-state index in [2.05, 4.69) is 71.0 Å². The van der Waals surface area contributed by atoms with Gasteiger partial charge in [-0.2, -0.15) is 0 Å². The van der Waals surface area contributed by atoms with Gasteiger partial charge in [-0.1, -0.05) is 92.9 Å². The van der Waals surface area contributed by atoms with Gasteiger partial charge in [0.15, 0.2) is 6.29 Å². The van der Waals surface area contributed by atoms with Gasteiger partial charge in [0, 0.05) is 31.1 Å². The van der Waals surface area contributed by atoms with Gasteiger partial charge in [-0.25, -0.2) is 4.79 Å². The Bertz CT molecular complexity index is 1290. The van der Waals surface area contributed by atoms with E-state index in [1.54, 1.807) is 0 Å². The maximum absolute atomic E-state index is 11.8. The van der Waals surface area contributed by atoms with Crippen molar-refractivity contribution in [1.29, 1.82) is 0 Å². The molecule has 5 rings (SSSR count). The first-order valence-corrected chi connectivity index (χ1v) is 16.0. The minimum absolute atomic E-state index is 0.0324. The summed E-state index contributed by atoms with van der Waals surface area (Å²) < 4.78 is 13.4. The number of rotatable bonds is 9. The van der Waals surface area contributed by atoms with Crippen LogP contribution in [0.1, 0.15) is 80.6 Å². The smallest absolute Gasteiger partial charge is 0.315 e. The van der Waals surface area contributed by atoms with Crippen LogP contribution in [0.3, 0.4) is 0 Å². The lowest BCUT2D eigenvalue weighted by atomic mass is 9.89. The summed E-state index contributed by atoms with van der Waals surface area (Å²) in [6, 6.07) is 24.7.